The molecule has 1 heterocycles. The number of nitrogens with zero attached hydrogens (tertiary/aromatic N) is 1. The summed E-state index contributed by atoms with van der Waals surface area (Å²) in [5.74, 6) is 0. The molecule has 2 nitrogen and oxygen atoms in total. The van der Waals surface area contributed by atoms with Crippen LogP contribution in [-0.2, 0) is 0 Å². The van der Waals surface area contributed by atoms with Gasteiger partial charge in [0.05, 0.1) is 22.4 Å². The molecular formula is C52H35NO. The van der Waals surface area contributed by atoms with Crippen LogP contribution in [0.15, 0.2) is 217 Å². The van der Waals surface area contributed by atoms with E-state index in [0.29, 0.717) is 0 Å². The van der Waals surface area contributed by atoms with Gasteiger partial charge in [0.1, 0.15) is 11.2 Å². The summed E-state index contributed by atoms with van der Waals surface area (Å²) < 4.78 is 6.47. The van der Waals surface area contributed by atoms with Gasteiger partial charge in [-0.2, -0.15) is 0 Å². The fourth-order valence-corrected chi connectivity index (χ4v) is 7.96. The van der Waals surface area contributed by atoms with Crippen molar-refractivity contribution in [3.8, 4) is 44.5 Å². The summed E-state index contributed by atoms with van der Waals surface area (Å²) in [6.45, 7) is 0. The zero-order valence-electron chi connectivity index (χ0n) is 29.6. The van der Waals surface area contributed by atoms with Crippen LogP contribution in [0.25, 0.3) is 77.2 Å². The minimum absolute atomic E-state index is 0.860. The van der Waals surface area contributed by atoms with E-state index in [1.54, 1.807) is 0 Å². The van der Waals surface area contributed by atoms with Gasteiger partial charge < -0.3 is 9.32 Å². The van der Waals surface area contributed by atoms with E-state index in [9.17, 15) is 0 Å². The van der Waals surface area contributed by atoms with Crippen molar-refractivity contribution >= 4 is 49.8 Å². The molecule has 0 aliphatic carbocycles. The lowest BCUT2D eigenvalue weighted by Gasteiger charge is -2.30. The van der Waals surface area contributed by atoms with Gasteiger partial charge in [-0.05, 0) is 80.6 Å². The first-order valence-corrected chi connectivity index (χ1v) is 18.4. The smallest absolute Gasteiger partial charge is 0.137 e. The van der Waals surface area contributed by atoms with E-state index in [1.807, 2.05) is 6.07 Å². The van der Waals surface area contributed by atoms with Crippen LogP contribution in [0.4, 0.5) is 17.1 Å². The van der Waals surface area contributed by atoms with Crippen LogP contribution in [0.3, 0.4) is 0 Å². The number of para-hydroxylation sites is 3. The zero-order valence-corrected chi connectivity index (χ0v) is 29.6. The van der Waals surface area contributed by atoms with Gasteiger partial charge >= 0.3 is 0 Å². The molecule has 10 rings (SSSR count). The predicted octanol–water partition coefficient (Wildman–Crippen LogP) is 14.9. The predicted molar refractivity (Wildman–Crippen MR) is 228 cm³/mol. The van der Waals surface area contributed by atoms with Gasteiger partial charge in [-0.1, -0.05) is 176 Å². The minimum Gasteiger partial charge on any atom is -0.456 e. The van der Waals surface area contributed by atoms with Gasteiger partial charge in [-0.3, -0.25) is 0 Å². The Hall–Kier alpha value is -7.16. The third-order valence-electron chi connectivity index (χ3n) is 10.5. The number of anilines is 3. The Morgan fingerprint density at radius 3 is 1.57 bits per heavy atom. The van der Waals surface area contributed by atoms with Crippen molar-refractivity contribution in [3.05, 3.63) is 212 Å². The second-order valence-electron chi connectivity index (χ2n) is 13.7. The first kappa shape index (κ1) is 31.6. The maximum absolute atomic E-state index is 6.47. The average molecular weight is 690 g/mol. The van der Waals surface area contributed by atoms with Gasteiger partial charge in [-0.15, -0.1) is 0 Å². The van der Waals surface area contributed by atoms with E-state index >= 15 is 0 Å². The van der Waals surface area contributed by atoms with Crippen molar-refractivity contribution < 1.29 is 4.42 Å². The first-order chi connectivity index (χ1) is 26.8. The Morgan fingerprint density at radius 2 is 0.778 bits per heavy atom. The molecule has 0 fully saturated rings. The highest BCUT2D eigenvalue weighted by atomic mass is 16.3. The van der Waals surface area contributed by atoms with Crippen LogP contribution >= 0.6 is 0 Å². The Balaban J connectivity index is 1.20. The standard InChI is InChI=1S/C52H35NO/c1-2-15-36(16-3-1)37-31-33-39(34-32-37)44-22-6-9-26-47(44)53(49-28-14-30-51-52(49)46-24-8-11-29-50(46)54-51)48-27-10-7-23-45(48)41-20-12-19-40(35-41)43-25-13-18-38-17-4-5-21-42(38)43/h1-35H. The molecule has 0 radical (unpaired) electrons. The number of fused-ring (bicyclic) bond motifs is 4. The van der Waals surface area contributed by atoms with E-state index in [-0.39, 0.29) is 0 Å². The topological polar surface area (TPSA) is 16.4 Å². The number of hydrogen-bond donors (Lipinski definition) is 0. The molecule has 0 amide bonds. The van der Waals surface area contributed by atoms with Crippen molar-refractivity contribution in [1.29, 1.82) is 0 Å². The van der Waals surface area contributed by atoms with Gasteiger partial charge in [0.15, 0.2) is 0 Å². The Morgan fingerprint density at radius 1 is 0.296 bits per heavy atom. The number of rotatable bonds is 7. The van der Waals surface area contributed by atoms with Crippen molar-refractivity contribution in [2.75, 3.05) is 4.90 Å². The molecule has 0 aliphatic rings. The van der Waals surface area contributed by atoms with E-state index in [2.05, 4.69) is 211 Å². The van der Waals surface area contributed by atoms with E-state index in [4.69, 9.17) is 4.42 Å². The van der Waals surface area contributed by atoms with Gasteiger partial charge in [0.25, 0.3) is 0 Å². The molecule has 1 aromatic heterocycles. The summed E-state index contributed by atoms with van der Waals surface area (Å²) in [6.07, 6.45) is 0. The van der Waals surface area contributed by atoms with Crippen LogP contribution in [0.5, 0.6) is 0 Å². The fraction of sp³-hybridized carbons (Fsp3) is 0. The third-order valence-corrected chi connectivity index (χ3v) is 10.5. The molecule has 9 aromatic carbocycles. The molecule has 0 atom stereocenters. The molecular weight excluding hydrogens is 655 g/mol. The molecule has 0 aliphatic heterocycles. The van der Waals surface area contributed by atoms with Gasteiger partial charge in [0.2, 0.25) is 0 Å². The quantitative estimate of drug-likeness (QED) is 0.166. The Kier molecular flexibility index (Phi) is 7.85. The van der Waals surface area contributed by atoms with Crippen LogP contribution in [0.1, 0.15) is 0 Å². The third kappa shape index (κ3) is 5.53. The van der Waals surface area contributed by atoms with Gasteiger partial charge in [-0.25, -0.2) is 0 Å². The minimum atomic E-state index is 0.860. The molecule has 0 N–H and O–H groups in total. The summed E-state index contributed by atoms with van der Waals surface area (Å²) in [5, 5.41) is 4.66. The summed E-state index contributed by atoms with van der Waals surface area (Å²) in [6, 6.07) is 75.9. The number of benzene rings is 9. The lowest BCUT2D eigenvalue weighted by Crippen LogP contribution is -2.12. The van der Waals surface area contributed by atoms with E-state index < -0.39 is 0 Å². The molecule has 0 saturated carbocycles. The summed E-state index contributed by atoms with van der Waals surface area (Å²) in [5.41, 5.74) is 14.3. The molecule has 10 aromatic rings. The van der Waals surface area contributed by atoms with Crippen molar-refractivity contribution in [3.63, 3.8) is 0 Å². The maximum atomic E-state index is 6.47. The molecule has 0 spiro atoms. The van der Waals surface area contributed by atoms with E-state index in [1.165, 1.54) is 33.0 Å². The van der Waals surface area contributed by atoms with Crippen LogP contribution < -0.4 is 4.90 Å². The molecule has 0 saturated heterocycles. The highest BCUT2D eigenvalue weighted by Crippen LogP contribution is 2.48. The lowest BCUT2D eigenvalue weighted by atomic mass is 9.94. The lowest BCUT2D eigenvalue weighted by molar-refractivity contribution is 0.669. The second-order valence-corrected chi connectivity index (χ2v) is 13.7. The fourth-order valence-electron chi connectivity index (χ4n) is 7.96. The SMILES string of the molecule is c1ccc(-c2ccc(-c3ccccc3N(c3ccccc3-c3cccc(-c4cccc5ccccc45)c3)c3cccc4oc5ccccc5c34)cc2)cc1. The summed E-state index contributed by atoms with van der Waals surface area (Å²) in [7, 11) is 0. The van der Waals surface area contributed by atoms with Crippen molar-refractivity contribution in [1.82, 2.24) is 0 Å². The van der Waals surface area contributed by atoms with Crippen molar-refractivity contribution in [2.24, 2.45) is 0 Å². The highest BCUT2D eigenvalue weighted by Gasteiger charge is 2.24. The zero-order chi connectivity index (χ0) is 35.8. The Bertz CT molecular complexity index is 2930. The molecule has 254 valence electrons. The summed E-state index contributed by atoms with van der Waals surface area (Å²) >= 11 is 0. The molecule has 0 bridgehead atoms. The second kappa shape index (κ2) is 13.4. The maximum Gasteiger partial charge on any atom is 0.137 e. The first-order valence-electron chi connectivity index (χ1n) is 18.4. The van der Waals surface area contributed by atoms with Crippen LogP contribution in [0.2, 0.25) is 0 Å². The Labute approximate surface area is 314 Å². The van der Waals surface area contributed by atoms with Crippen LogP contribution in [0, 0.1) is 0 Å². The van der Waals surface area contributed by atoms with Gasteiger partial charge in [0, 0.05) is 16.5 Å². The average Bonchev–Trinajstić information content (AvgIpc) is 3.64. The van der Waals surface area contributed by atoms with Crippen LogP contribution in [-0.4, -0.2) is 0 Å². The number of furan rings is 1. The van der Waals surface area contributed by atoms with Crippen molar-refractivity contribution in [2.45, 2.75) is 0 Å². The molecule has 54 heavy (non-hydrogen) atoms. The monoisotopic (exact) mass is 689 g/mol. The molecule has 2 heteroatoms. The summed E-state index contributed by atoms with van der Waals surface area (Å²) in [4.78, 5) is 2.44. The van der Waals surface area contributed by atoms with E-state index in [0.717, 1.165) is 61.3 Å². The molecule has 0 unspecified atom stereocenters. The highest BCUT2D eigenvalue weighted by molar-refractivity contribution is 6.14. The number of hydrogen-bond acceptors (Lipinski definition) is 2. The largest absolute Gasteiger partial charge is 0.456 e. The normalized spacial score (nSPS) is 11.3.